The quantitative estimate of drug-likeness (QED) is 0.792. The Morgan fingerprint density at radius 2 is 1.94 bits per heavy atom. The van der Waals surface area contributed by atoms with E-state index in [1.54, 1.807) is 12.1 Å². The SMILES string of the molecule is O=C(Nc1ccc(I)cc1Cl)c1ccc(Cl)nn1. The number of carbonyl (C=O) groups is 1. The normalized spacial score (nSPS) is 10.2. The van der Waals surface area contributed by atoms with Crippen LogP contribution in [0.2, 0.25) is 10.2 Å². The molecule has 0 atom stereocenters. The molecule has 2 rings (SSSR count). The molecule has 1 aromatic heterocycles. The van der Waals surface area contributed by atoms with E-state index in [-0.39, 0.29) is 16.8 Å². The topological polar surface area (TPSA) is 54.9 Å². The van der Waals surface area contributed by atoms with Crippen LogP contribution in [0, 0.1) is 3.57 Å². The van der Waals surface area contributed by atoms with E-state index in [4.69, 9.17) is 23.2 Å². The van der Waals surface area contributed by atoms with Crippen molar-refractivity contribution in [2.45, 2.75) is 0 Å². The highest BCUT2D eigenvalue weighted by molar-refractivity contribution is 14.1. The summed E-state index contributed by atoms with van der Waals surface area (Å²) < 4.78 is 0.988. The van der Waals surface area contributed by atoms with Gasteiger partial charge in [0.2, 0.25) is 0 Å². The molecule has 0 bridgehead atoms. The Kier molecular flexibility index (Phi) is 4.36. The predicted molar refractivity (Wildman–Crippen MR) is 79.2 cm³/mol. The first-order chi connectivity index (χ1) is 8.56. The molecule has 4 nitrogen and oxygen atoms in total. The van der Waals surface area contributed by atoms with Crippen LogP contribution in [0.5, 0.6) is 0 Å². The molecular weight excluding hydrogens is 388 g/mol. The molecule has 7 heteroatoms. The Hall–Kier alpha value is -0.920. The molecule has 0 aliphatic carbocycles. The fourth-order valence-corrected chi connectivity index (χ4v) is 2.22. The zero-order valence-corrected chi connectivity index (χ0v) is 12.5. The summed E-state index contributed by atoms with van der Waals surface area (Å²) in [6.07, 6.45) is 0. The van der Waals surface area contributed by atoms with E-state index in [9.17, 15) is 4.79 Å². The van der Waals surface area contributed by atoms with Gasteiger partial charge in [-0.25, -0.2) is 0 Å². The summed E-state index contributed by atoms with van der Waals surface area (Å²) in [5, 5.41) is 10.6. The third kappa shape index (κ3) is 3.30. The van der Waals surface area contributed by atoms with E-state index in [0.29, 0.717) is 10.7 Å². The van der Waals surface area contributed by atoms with E-state index in [2.05, 4.69) is 38.1 Å². The minimum atomic E-state index is -0.387. The predicted octanol–water partition coefficient (Wildman–Crippen LogP) is 3.64. The van der Waals surface area contributed by atoms with Gasteiger partial charge in [-0.2, -0.15) is 0 Å². The second-order valence-electron chi connectivity index (χ2n) is 3.32. The number of hydrogen-bond donors (Lipinski definition) is 1. The summed E-state index contributed by atoms with van der Waals surface area (Å²) in [6.45, 7) is 0. The first-order valence-electron chi connectivity index (χ1n) is 4.82. The fourth-order valence-electron chi connectivity index (χ4n) is 1.21. The minimum Gasteiger partial charge on any atom is -0.319 e. The van der Waals surface area contributed by atoms with Crippen molar-refractivity contribution in [3.05, 3.63) is 49.8 Å². The molecule has 1 N–H and O–H groups in total. The molecule has 1 aromatic carbocycles. The number of carbonyl (C=O) groups excluding carboxylic acids is 1. The van der Waals surface area contributed by atoms with E-state index in [0.717, 1.165) is 3.57 Å². The van der Waals surface area contributed by atoms with Gasteiger partial charge >= 0.3 is 0 Å². The van der Waals surface area contributed by atoms with Crippen LogP contribution in [0.1, 0.15) is 10.5 Å². The smallest absolute Gasteiger partial charge is 0.276 e. The molecule has 0 unspecified atom stereocenters. The Balaban J connectivity index is 2.18. The van der Waals surface area contributed by atoms with Crippen LogP contribution in [-0.4, -0.2) is 16.1 Å². The molecule has 0 aliphatic rings. The van der Waals surface area contributed by atoms with Crippen molar-refractivity contribution < 1.29 is 4.79 Å². The number of nitrogens with one attached hydrogen (secondary N) is 1. The van der Waals surface area contributed by atoms with Crippen molar-refractivity contribution in [2.75, 3.05) is 5.32 Å². The lowest BCUT2D eigenvalue weighted by molar-refractivity contribution is 0.102. The molecule has 18 heavy (non-hydrogen) atoms. The maximum atomic E-state index is 11.8. The van der Waals surface area contributed by atoms with Crippen molar-refractivity contribution in [2.24, 2.45) is 0 Å². The van der Waals surface area contributed by atoms with Crippen LogP contribution < -0.4 is 5.32 Å². The number of hydrogen-bond acceptors (Lipinski definition) is 3. The van der Waals surface area contributed by atoms with E-state index < -0.39 is 0 Å². The Morgan fingerprint density at radius 1 is 1.17 bits per heavy atom. The molecule has 0 fully saturated rings. The van der Waals surface area contributed by atoms with Crippen molar-refractivity contribution in [3.8, 4) is 0 Å². The molecule has 0 saturated heterocycles. The summed E-state index contributed by atoms with van der Waals surface area (Å²) in [7, 11) is 0. The average Bonchev–Trinajstić information content (AvgIpc) is 2.33. The second-order valence-corrected chi connectivity index (χ2v) is 5.36. The molecule has 0 spiro atoms. The van der Waals surface area contributed by atoms with Crippen molar-refractivity contribution in [1.29, 1.82) is 0 Å². The number of halogens is 3. The Labute approximate surface area is 127 Å². The highest BCUT2D eigenvalue weighted by Crippen LogP contribution is 2.24. The van der Waals surface area contributed by atoms with E-state index in [1.807, 2.05) is 6.07 Å². The minimum absolute atomic E-state index is 0.175. The lowest BCUT2D eigenvalue weighted by Gasteiger charge is -2.06. The summed E-state index contributed by atoms with van der Waals surface area (Å²) in [5.41, 5.74) is 0.702. The maximum absolute atomic E-state index is 11.8. The largest absolute Gasteiger partial charge is 0.319 e. The van der Waals surface area contributed by atoms with Gasteiger partial charge in [-0.3, -0.25) is 4.79 Å². The van der Waals surface area contributed by atoms with Gasteiger partial charge in [0.15, 0.2) is 10.8 Å². The summed E-state index contributed by atoms with van der Waals surface area (Å²) in [4.78, 5) is 11.8. The van der Waals surface area contributed by atoms with Gasteiger partial charge in [0.05, 0.1) is 10.7 Å². The molecule has 92 valence electrons. The van der Waals surface area contributed by atoms with Gasteiger partial charge < -0.3 is 5.32 Å². The molecule has 1 amide bonds. The number of benzene rings is 1. The van der Waals surface area contributed by atoms with Crippen molar-refractivity contribution in [1.82, 2.24) is 10.2 Å². The van der Waals surface area contributed by atoms with E-state index in [1.165, 1.54) is 12.1 Å². The number of rotatable bonds is 2. The van der Waals surface area contributed by atoms with Crippen LogP contribution >= 0.6 is 45.8 Å². The van der Waals surface area contributed by atoms with Gasteiger partial charge in [-0.05, 0) is 52.9 Å². The monoisotopic (exact) mass is 393 g/mol. The van der Waals surface area contributed by atoms with Crippen molar-refractivity contribution in [3.63, 3.8) is 0 Å². The van der Waals surface area contributed by atoms with Crippen molar-refractivity contribution >= 4 is 57.4 Å². The third-order valence-electron chi connectivity index (χ3n) is 2.04. The molecule has 0 aliphatic heterocycles. The van der Waals surface area contributed by atoms with Crippen LogP contribution in [0.15, 0.2) is 30.3 Å². The zero-order chi connectivity index (χ0) is 13.1. The number of anilines is 1. The lowest BCUT2D eigenvalue weighted by atomic mass is 10.3. The third-order valence-corrected chi connectivity index (χ3v) is 3.23. The summed E-state index contributed by atoms with van der Waals surface area (Å²) in [5.74, 6) is -0.387. The molecule has 1 heterocycles. The maximum Gasteiger partial charge on any atom is 0.276 e. The van der Waals surface area contributed by atoms with Crippen LogP contribution in [0.4, 0.5) is 5.69 Å². The molecular formula is C11H6Cl2IN3O. The van der Waals surface area contributed by atoms with Crippen LogP contribution in [0.25, 0.3) is 0 Å². The van der Waals surface area contributed by atoms with Gasteiger partial charge in [0.1, 0.15) is 0 Å². The standard InChI is InChI=1S/C11H6Cl2IN3O/c12-7-5-6(14)1-2-8(7)15-11(18)9-3-4-10(13)17-16-9/h1-5H,(H,15,18). The van der Waals surface area contributed by atoms with Gasteiger partial charge in [-0.1, -0.05) is 23.2 Å². The lowest BCUT2D eigenvalue weighted by Crippen LogP contribution is -2.14. The zero-order valence-electron chi connectivity index (χ0n) is 8.82. The van der Waals surface area contributed by atoms with Crippen LogP contribution in [0.3, 0.4) is 0 Å². The fraction of sp³-hybridized carbons (Fsp3) is 0. The average molecular weight is 394 g/mol. The first kappa shape index (κ1) is 13.5. The highest BCUT2D eigenvalue weighted by Gasteiger charge is 2.10. The van der Waals surface area contributed by atoms with Crippen LogP contribution in [-0.2, 0) is 0 Å². The number of nitrogens with zero attached hydrogens (tertiary/aromatic N) is 2. The van der Waals surface area contributed by atoms with Gasteiger partial charge in [0.25, 0.3) is 5.91 Å². The molecule has 0 saturated carbocycles. The Morgan fingerprint density at radius 3 is 2.56 bits per heavy atom. The molecule has 2 aromatic rings. The van der Waals surface area contributed by atoms with Gasteiger partial charge in [0, 0.05) is 3.57 Å². The second kappa shape index (κ2) is 5.81. The van der Waals surface area contributed by atoms with E-state index >= 15 is 0 Å². The van der Waals surface area contributed by atoms with Gasteiger partial charge in [-0.15, -0.1) is 10.2 Å². The molecule has 0 radical (unpaired) electrons. The Bertz CT molecular complexity index is 589. The summed E-state index contributed by atoms with van der Waals surface area (Å²) in [6, 6.07) is 8.32. The first-order valence-corrected chi connectivity index (χ1v) is 6.65. The number of aromatic nitrogens is 2. The summed E-state index contributed by atoms with van der Waals surface area (Å²) >= 11 is 13.7. The number of amides is 1. The highest BCUT2D eigenvalue weighted by atomic mass is 127.